The van der Waals surface area contributed by atoms with Gasteiger partial charge in [-0.15, -0.1) is 0 Å². The first-order valence-electron chi connectivity index (χ1n) is 6.60. The Morgan fingerprint density at radius 2 is 2.15 bits per heavy atom. The van der Waals surface area contributed by atoms with Crippen LogP contribution in [0.25, 0.3) is 0 Å². The summed E-state index contributed by atoms with van der Waals surface area (Å²) in [6.07, 6.45) is 0.261. The second-order valence-corrected chi connectivity index (χ2v) is 4.80. The van der Waals surface area contributed by atoms with E-state index < -0.39 is 0 Å². The molecule has 0 bridgehead atoms. The zero-order valence-electron chi connectivity index (χ0n) is 11.2. The number of benzene rings is 1. The lowest BCUT2D eigenvalue weighted by atomic mass is 10.2. The molecule has 0 aliphatic carbocycles. The molecule has 0 saturated carbocycles. The first-order valence-corrected chi connectivity index (χ1v) is 6.60. The molecule has 108 valence electrons. The standard InChI is InChI=1S/C14H18FN3O2/c15-12-3-1-2-11(8-12)9-17-6-7-18(10-14(17)20)13(19)4-5-16/h1-3,8H,4-7,9-10,16H2. The van der Waals surface area contributed by atoms with E-state index in [1.54, 1.807) is 17.0 Å². The zero-order chi connectivity index (χ0) is 14.5. The number of piperazine rings is 1. The van der Waals surface area contributed by atoms with Crippen LogP contribution < -0.4 is 5.73 Å². The van der Waals surface area contributed by atoms with Crippen molar-refractivity contribution in [1.29, 1.82) is 0 Å². The van der Waals surface area contributed by atoms with Crippen LogP contribution in [0, 0.1) is 5.82 Å². The molecule has 1 saturated heterocycles. The molecule has 2 rings (SSSR count). The van der Waals surface area contributed by atoms with Gasteiger partial charge in [0, 0.05) is 32.6 Å². The molecule has 1 fully saturated rings. The van der Waals surface area contributed by atoms with Crippen LogP contribution in [0.15, 0.2) is 24.3 Å². The van der Waals surface area contributed by atoms with Gasteiger partial charge in [0.05, 0.1) is 6.54 Å². The Balaban J connectivity index is 1.93. The van der Waals surface area contributed by atoms with Crippen molar-refractivity contribution in [3.63, 3.8) is 0 Å². The Morgan fingerprint density at radius 1 is 1.35 bits per heavy atom. The van der Waals surface area contributed by atoms with Gasteiger partial charge in [-0.25, -0.2) is 4.39 Å². The van der Waals surface area contributed by atoms with Crippen molar-refractivity contribution in [1.82, 2.24) is 9.80 Å². The van der Waals surface area contributed by atoms with E-state index in [1.807, 2.05) is 0 Å². The second kappa shape index (κ2) is 6.47. The number of carbonyl (C=O) groups is 2. The highest BCUT2D eigenvalue weighted by Crippen LogP contribution is 2.11. The number of hydrogen-bond acceptors (Lipinski definition) is 3. The van der Waals surface area contributed by atoms with Crippen LogP contribution in [0.5, 0.6) is 0 Å². The minimum Gasteiger partial charge on any atom is -0.335 e. The summed E-state index contributed by atoms with van der Waals surface area (Å²) in [4.78, 5) is 26.9. The van der Waals surface area contributed by atoms with E-state index in [0.29, 0.717) is 19.6 Å². The largest absolute Gasteiger partial charge is 0.335 e. The molecule has 1 aliphatic rings. The molecule has 1 aromatic carbocycles. The van der Waals surface area contributed by atoms with Gasteiger partial charge in [0.1, 0.15) is 5.82 Å². The van der Waals surface area contributed by atoms with Crippen molar-refractivity contribution in [2.75, 3.05) is 26.2 Å². The summed E-state index contributed by atoms with van der Waals surface area (Å²) in [5, 5.41) is 0. The summed E-state index contributed by atoms with van der Waals surface area (Å²) in [5.74, 6) is -0.524. The smallest absolute Gasteiger partial charge is 0.242 e. The minimum absolute atomic E-state index is 0.0775. The third-order valence-corrected chi connectivity index (χ3v) is 3.29. The van der Waals surface area contributed by atoms with E-state index >= 15 is 0 Å². The van der Waals surface area contributed by atoms with Gasteiger partial charge >= 0.3 is 0 Å². The van der Waals surface area contributed by atoms with Gasteiger partial charge in [-0.1, -0.05) is 12.1 Å². The lowest BCUT2D eigenvalue weighted by Crippen LogP contribution is -2.52. The predicted molar refractivity (Wildman–Crippen MR) is 72.1 cm³/mol. The fourth-order valence-corrected chi connectivity index (χ4v) is 2.23. The Labute approximate surface area is 117 Å². The highest BCUT2D eigenvalue weighted by atomic mass is 19.1. The van der Waals surface area contributed by atoms with E-state index in [9.17, 15) is 14.0 Å². The summed E-state index contributed by atoms with van der Waals surface area (Å²) in [5.41, 5.74) is 6.09. The molecule has 2 amide bonds. The average molecular weight is 279 g/mol. The third kappa shape index (κ3) is 3.54. The van der Waals surface area contributed by atoms with E-state index in [1.165, 1.54) is 17.0 Å². The number of rotatable bonds is 4. The Morgan fingerprint density at radius 3 is 2.80 bits per heavy atom. The first-order chi connectivity index (χ1) is 9.60. The summed E-state index contributed by atoms with van der Waals surface area (Å²) in [6.45, 7) is 1.70. The topological polar surface area (TPSA) is 66.6 Å². The maximum Gasteiger partial charge on any atom is 0.242 e. The highest BCUT2D eigenvalue weighted by molar-refractivity contribution is 5.86. The molecule has 0 unspecified atom stereocenters. The second-order valence-electron chi connectivity index (χ2n) is 4.80. The van der Waals surface area contributed by atoms with Crippen LogP contribution in [0.2, 0.25) is 0 Å². The van der Waals surface area contributed by atoms with Gasteiger partial charge in [-0.2, -0.15) is 0 Å². The Kier molecular flexibility index (Phi) is 4.68. The Bertz CT molecular complexity index is 507. The molecule has 1 aromatic rings. The van der Waals surface area contributed by atoms with Crippen molar-refractivity contribution in [2.24, 2.45) is 5.73 Å². The van der Waals surface area contributed by atoms with Gasteiger partial charge in [0.2, 0.25) is 11.8 Å². The van der Waals surface area contributed by atoms with Crippen LogP contribution in [0.4, 0.5) is 4.39 Å². The number of carbonyl (C=O) groups excluding carboxylic acids is 2. The van der Waals surface area contributed by atoms with Crippen molar-refractivity contribution in [3.8, 4) is 0 Å². The van der Waals surface area contributed by atoms with Gasteiger partial charge < -0.3 is 15.5 Å². The van der Waals surface area contributed by atoms with Crippen LogP contribution in [0.1, 0.15) is 12.0 Å². The fraction of sp³-hybridized carbons (Fsp3) is 0.429. The monoisotopic (exact) mass is 279 g/mol. The third-order valence-electron chi connectivity index (χ3n) is 3.29. The molecule has 0 radical (unpaired) electrons. The normalized spacial score (nSPS) is 15.6. The van der Waals surface area contributed by atoms with E-state index in [2.05, 4.69) is 0 Å². The van der Waals surface area contributed by atoms with Gasteiger partial charge in [-0.3, -0.25) is 9.59 Å². The zero-order valence-corrected chi connectivity index (χ0v) is 11.2. The van der Waals surface area contributed by atoms with Crippen molar-refractivity contribution < 1.29 is 14.0 Å². The van der Waals surface area contributed by atoms with Crippen molar-refractivity contribution in [2.45, 2.75) is 13.0 Å². The Hall–Kier alpha value is -1.95. The highest BCUT2D eigenvalue weighted by Gasteiger charge is 2.26. The lowest BCUT2D eigenvalue weighted by molar-refractivity contribution is -0.145. The molecular weight excluding hydrogens is 261 g/mol. The molecule has 2 N–H and O–H groups in total. The molecule has 6 heteroatoms. The maximum absolute atomic E-state index is 13.1. The quantitative estimate of drug-likeness (QED) is 0.864. The van der Waals surface area contributed by atoms with Gasteiger partial charge in [-0.05, 0) is 17.7 Å². The molecule has 0 spiro atoms. The number of amides is 2. The predicted octanol–water partition coefficient (Wildman–Crippen LogP) is 0.345. The van der Waals surface area contributed by atoms with E-state index in [0.717, 1.165) is 5.56 Å². The average Bonchev–Trinajstić information content (AvgIpc) is 2.41. The number of halogens is 1. The fourth-order valence-electron chi connectivity index (χ4n) is 2.23. The summed E-state index contributed by atoms with van der Waals surface area (Å²) in [7, 11) is 0. The first kappa shape index (κ1) is 14.5. The maximum atomic E-state index is 13.1. The minimum atomic E-state index is -0.313. The summed E-state index contributed by atoms with van der Waals surface area (Å²) in [6, 6.07) is 6.19. The van der Waals surface area contributed by atoms with Crippen molar-refractivity contribution >= 4 is 11.8 Å². The number of nitrogens with zero attached hydrogens (tertiary/aromatic N) is 2. The van der Waals surface area contributed by atoms with E-state index in [-0.39, 0.29) is 37.1 Å². The van der Waals surface area contributed by atoms with Crippen LogP contribution >= 0.6 is 0 Å². The summed E-state index contributed by atoms with van der Waals surface area (Å²) < 4.78 is 13.1. The molecule has 0 aromatic heterocycles. The van der Waals surface area contributed by atoms with Crippen molar-refractivity contribution in [3.05, 3.63) is 35.6 Å². The number of nitrogens with two attached hydrogens (primary N) is 1. The molecule has 1 heterocycles. The SMILES string of the molecule is NCCC(=O)N1CCN(Cc2cccc(F)c2)C(=O)C1. The molecule has 20 heavy (non-hydrogen) atoms. The van der Waals surface area contributed by atoms with Crippen LogP contribution in [-0.4, -0.2) is 47.8 Å². The lowest BCUT2D eigenvalue weighted by Gasteiger charge is -2.34. The molecular formula is C14H18FN3O2. The van der Waals surface area contributed by atoms with Gasteiger partial charge in [0.15, 0.2) is 0 Å². The molecule has 0 atom stereocenters. The number of hydrogen-bond donors (Lipinski definition) is 1. The van der Waals surface area contributed by atoms with Gasteiger partial charge in [0.25, 0.3) is 0 Å². The molecule has 5 nitrogen and oxygen atoms in total. The van der Waals surface area contributed by atoms with E-state index in [4.69, 9.17) is 5.73 Å². The molecule has 1 aliphatic heterocycles. The van der Waals surface area contributed by atoms with Crippen LogP contribution in [0.3, 0.4) is 0 Å². The van der Waals surface area contributed by atoms with Crippen LogP contribution in [-0.2, 0) is 16.1 Å². The summed E-state index contributed by atoms with van der Waals surface area (Å²) >= 11 is 0.